The van der Waals surface area contributed by atoms with Crippen LogP contribution in [0.5, 0.6) is 0 Å². The highest BCUT2D eigenvalue weighted by atomic mass is 35.5. The lowest BCUT2D eigenvalue weighted by Gasteiger charge is -2.11. The van der Waals surface area contributed by atoms with Crippen molar-refractivity contribution in [1.82, 2.24) is 4.98 Å². The number of sulfone groups is 1. The van der Waals surface area contributed by atoms with Gasteiger partial charge in [-0.2, -0.15) is 0 Å². The lowest BCUT2D eigenvalue weighted by molar-refractivity contribution is 0.201. The Morgan fingerprint density at radius 3 is 2.55 bits per heavy atom. The summed E-state index contributed by atoms with van der Waals surface area (Å²) in [7, 11) is -3.41. The summed E-state index contributed by atoms with van der Waals surface area (Å²) in [4.78, 5) is 4.13. The second-order valence-electron chi connectivity index (χ2n) is 4.50. The van der Waals surface area contributed by atoms with E-state index in [1.165, 1.54) is 11.3 Å². The van der Waals surface area contributed by atoms with Crippen molar-refractivity contribution in [2.75, 3.05) is 5.75 Å². The van der Waals surface area contributed by atoms with Gasteiger partial charge in [-0.3, -0.25) is 0 Å². The summed E-state index contributed by atoms with van der Waals surface area (Å²) >= 11 is 7.06. The predicted octanol–water partition coefficient (Wildman–Crippen LogP) is 2.75. The number of aliphatic hydroxyl groups is 1. The third kappa shape index (κ3) is 4.28. The molecule has 0 aliphatic carbocycles. The van der Waals surface area contributed by atoms with Crippen molar-refractivity contribution in [3.05, 3.63) is 50.9 Å². The number of rotatable bonds is 5. The Balaban J connectivity index is 2.05. The summed E-state index contributed by atoms with van der Waals surface area (Å²) in [5.74, 6) is -0.469. The second-order valence-corrected chi connectivity index (χ2v) is 7.99. The number of benzene rings is 1. The zero-order valence-corrected chi connectivity index (χ0v) is 13.2. The molecule has 0 fully saturated rings. The molecule has 1 atom stereocenters. The molecule has 1 heterocycles. The average molecular weight is 332 g/mol. The van der Waals surface area contributed by atoms with Crippen LogP contribution in [0.4, 0.5) is 0 Å². The first-order valence-electron chi connectivity index (χ1n) is 5.91. The molecule has 4 nitrogen and oxygen atoms in total. The van der Waals surface area contributed by atoms with Gasteiger partial charge in [-0.05, 0) is 24.6 Å². The molecule has 0 aliphatic heterocycles. The van der Waals surface area contributed by atoms with Crippen molar-refractivity contribution in [3.63, 3.8) is 0 Å². The molecule has 0 aliphatic rings. The molecule has 0 saturated heterocycles. The van der Waals surface area contributed by atoms with E-state index >= 15 is 0 Å². The first-order chi connectivity index (χ1) is 9.35. The molecule has 1 aromatic carbocycles. The van der Waals surface area contributed by atoms with Crippen LogP contribution >= 0.6 is 22.9 Å². The van der Waals surface area contributed by atoms with Crippen molar-refractivity contribution in [2.45, 2.75) is 18.8 Å². The summed E-state index contributed by atoms with van der Waals surface area (Å²) in [6, 6.07) is 6.49. The Kier molecular flexibility index (Phi) is 4.80. The Bertz CT molecular complexity index is 680. The number of aliphatic hydroxyl groups excluding tert-OH is 1. The largest absolute Gasteiger partial charge is 0.387 e. The SMILES string of the molecule is Cc1csc(CS(=O)(=O)CC(O)c2ccc(Cl)cc2)n1. The van der Waals surface area contributed by atoms with E-state index in [1.807, 2.05) is 6.92 Å². The van der Waals surface area contributed by atoms with Gasteiger partial charge in [0, 0.05) is 16.1 Å². The third-order valence-electron chi connectivity index (χ3n) is 2.68. The van der Waals surface area contributed by atoms with Crippen LogP contribution < -0.4 is 0 Å². The Morgan fingerprint density at radius 2 is 2.00 bits per heavy atom. The molecular formula is C13H14ClNO3S2. The van der Waals surface area contributed by atoms with Crippen LogP contribution in [-0.4, -0.2) is 24.3 Å². The lowest BCUT2D eigenvalue weighted by atomic mass is 10.1. The molecule has 0 spiro atoms. The molecule has 0 amide bonds. The van der Waals surface area contributed by atoms with Gasteiger partial charge in [-0.1, -0.05) is 23.7 Å². The van der Waals surface area contributed by atoms with Crippen LogP contribution in [0, 0.1) is 6.92 Å². The maximum Gasteiger partial charge on any atom is 0.159 e. The highest BCUT2D eigenvalue weighted by Gasteiger charge is 2.20. The maximum absolute atomic E-state index is 12.0. The molecule has 20 heavy (non-hydrogen) atoms. The van der Waals surface area contributed by atoms with Crippen molar-refractivity contribution in [3.8, 4) is 0 Å². The van der Waals surface area contributed by atoms with Crippen molar-refractivity contribution in [2.24, 2.45) is 0 Å². The Hall–Kier alpha value is -0.950. The summed E-state index contributed by atoms with van der Waals surface area (Å²) in [5.41, 5.74) is 1.34. The fourth-order valence-electron chi connectivity index (χ4n) is 1.74. The van der Waals surface area contributed by atoms with E-state index in [0.717, 1.165) is 5.69 Å². The topological polar surface area (TPSA) is 67.3 Å². The fourth-order valence-corrected chi connectivity index (χ4v) is 4.46. The van der Waals surface area contributed by atoms with Gasteiger partial charge in [-0.15, -0.1) is 11.3 Å². The molecule has 0 radical (unpaired) electrons. The summed E-state index contributed by atoms with van der Waals surface area (Å²) < 4.78 is 24.1. The van der Waals surface area contributed by atoms with E-state index in [4.69, 9.17) is 11.6 Å². The molecule has 1 aromatic heterocycles. The van der Waals surface area contributed by atoms with Crippen LogP contribution in [0.25, 0.3) is 0 Å². The van der Waals surface area contributed by atoms with E-state index in [0.29, 0.717) is 15.6 Å². The average Bonchev–Trinajstić information content (AvgIpc) is 2.73. The van der Waals surface area contributed by atoms with Gasteiger partial charge >= 0.3 is 0 Å². The lowest BCUT2D eigenvalue weighted by Crippen LogP contribution is -2.16. The number of halogens is 1. The standard InChI is InChI=1S/C13H14ClNO3S2/c1-9-6-19-13(15-9)8-20(17,18)7-12(16)10-2-4-11(14)5-3-10/h2-6,12,16H,7-8H2,1H3. The van der Waals surface area contributed by atoms with Crippen LogP contribution in [0.3, 0.4) is 0 Å². The normalized spacial score (nSPS) is 13.3. The highest BCUT2D eigenvalue weighted by Crippen LogP contribution is 2.20. The molecular weight excluding hydrogens is 318 g/mol. The highest BCUT2D eigenvalue weighted by molar-refractivity contribution is 7.90. The minimum absolute atomic E-state index is 0.143. The third-order valence-corrected chi connectivity index (χ3v) is 5.61. The number of hydrogen-bond donors (Lipinski definition) is 1. The van der Waals surface area contributed by atoms with Crippen LogP contribution in [0.1, 0.15) is 22.4 Å². The number of aromatic nitrogens is 1. The van der Waals surface area contributed by atoms with Crippen molar-refractivity contribution < 1.29 is 13.5 Å². The minimum atomic E-state index is -3.41. The molecule has 2 aromatic rings. The summed E-state index contributed by atoms with van der Waals surface area (Å²) in [6.45, 7) is 1.81. The molecule has 0 saturated carbocycles. The van der Waals surface area contributed by atoms with E-state index in [1.54, 1.807) is 29.6 Å². The van der Waals surface area contributed by atoms with Gasteiger partial charge < -0.3 is 5.11 Å². The van der Waals surface area contributed by atoms with E-state index in [2.05, 4.69) is 4.98 Å². The molecule has 108 valence electrons. The van der Waals surface area contributed by atoms with Gasteiger partial charge in [0.2, 0.25) is 0 Å². The monoisotopic (exact) mass is 331 g/mol. The van der Waals surface area contributed by atoms with Gasteiger partial charge in [-0.25, -0.2) is 13.4 Å². The number of hydrogen-bond acceptors (Lipinski definition) is 5. The van der Waals surface area contributed by atoms with E-state index < -0.39 is 15.9 Å². The summed E-state index contributed by atoms with van der Waals surface area (Å²) in [6.07, 6.45) is -1.06. The van der Waals surface area contributed by atoms with Gasteiger partial charge in [0.1, 0.15) is 10.8 Å². The minimum Gasteiger partial charge on any atom is -0.387 e. The number of aryl methyl sites for hydroxylation is 1. The van der Waals surface area contributed by atoms with Crippen LogP contribution in [0.2, 0.25) is 5.02 Å². The van der Waals surface area contributed by atoms with Crippen molar-refractivity contribution >= 4 is 32.8 Å². The number of nitrogens with zero attached hydrogens (tertiary/aromatic N) is 1. The van der Waals surface area contributed by atoms with E-state index in [9.17, 15) is 13.5 Å². The maximum atomic E-state index is 12.0. The van der Waals surface area contributed by atoms with Crippen LogP contribution in [-0.2, 0) is 15.6 Å². The van der Waals surface area contributed by atoms with E-state index in [-0.39, 0.29) is 11.5 Å². The first kappa shape index (κ1) is 15.4. The van der Waals surface area contributed by atoms with Gasteiger partial charge in [0.25, 0.3) is 0 Å². The smallest absolute Gasteiger partial charge is 0.159 e. The second kappa shape index (κ2) is 6.22. The molecule has 0 bridgehead atoms. The Morgan fingerprint density at radius 1 is 1.35 bits per heavy atom. The van der Waals surface area contributed by atoms with Crippen molar-refractivity contribution in [1.29, 1.82) is 0 Å². The van der Waals surface area contributed by atoms with Gasteiger partial charge in [0.05, 0.1) is 11.9 Å². The quantitative estimate of drug-likeness (QED) is 0.914. The number of thiazole rings is 1. The van der Waals surface area contributed by atoms with Crippen LogP contribution in [0.15, 0.2) is 29.6 Å². The Labute approximate surface area is 127 Å². The molecule has 2 rings (SSSR count). The zero-order valence-electron chi connectivity index (χ0n) is 10.8. The predicted molar refractivity (Wildman–Crippen MR) is 80.8 cm³/mol. The molecule has 1 unspecified atom stereocenters. The molecule has 1 N–H and O–H groups in total. The fraction of sp³-hybridized carbons (Fsp3) is 0.308. The zero-order chi connectivity index (χ0) is 14.8. The summed E-state index contributed by atoms with van der Waals surface area (Å²) in [5, 5.41) is 12.9. The van der Waals surface area contributed by atoms with Gasteiger partial charge in [0.15, 0.2) is 9.84 Å². The molecule has 7 heteroatoms. The first-order valence-corrected chi connectivity index (χ1v) is 8.98.